The average Bonchev–Trinajstić information content (AvgIpc) is 1.92. The molecule has 0 spiro atoms. The highest BCUT2D eigenvalue weighted by Crippen LogP contribution is 2.30. The lowest BCUT2D eigenvalue weighted by atomic mass is 9.90. The Labute approximate surface area is 83.5 Å². The Morgan fingerprint density at radius 1 is 1.38 bits per heavy atom. The van der Waals surface area contributed by atoms with Crippen LogP contribution in [-0.4, -0.2) is 27.4 Å². The van der Waals surface area contributed by atoms with Crippen LogP contribution in [0.4, 0.5) is 0 Å². The molecule has 0 aromatic heterocycles. The van der Waals surface area contributed by atoms with Gasteiger partial charge in [0.2, 0.25) is 0 Å². The van der Waals surface area contributed by atoms with Crippen molar-refractivity contribution in [3.63, 3.8) is 0 Å². The molecule has 0 radical (unpaired) electrons. The van der Waals surface area contributed by atoms with Gasteiger partial charge in [-0.2, -0.15) is 0 Å². The molecule has 3 heteroatoms. The molecule has 0 amide bonds. The highest BCUT2D eigenvalue weighted by Gasteiger charge is 2.39. The largest absolute Gasteiger partial charge is 0.375 e. The van der Waals surface area contributed by atoms with Crippen LogP contribution in [0.25, 0.3) is 0 Å². The van der Waals surface area contributed by atoms with Crippen LogP contribution < -0.4 is 0 Å². The summed E-state index contributed by atoms with van der Waals surface area (Å²) in [5.74, 6) is 0.677. The second kappa shape index (κ2) is 3.35. The molecule has 1 aliphatic rings. The molecule has 1 heterocycles. The summed E-state index contributed by atoms with van der Waals surface area (Å²) in [6.45, 7) is 11.0. The van der Waals surface area contributed by atoms with E-state index < -0.39 is 10.8 Å². The van der Waals surface area contributed by atoms with E-state index in [0.717, 1.165) is 0 Å². The number of hydrogen-bond donors (Lipinski definition) is 0. The van der Waals surface area contributed by atoms with E-state index in [9.17, 15) is 4.21 Å². The first-order valence-electron chi connectivity index (χ1n) is 4.73. The van der Waals surface area contributed by atoms with E-state index in [1.54, 1.807) is 0 Å². The van der Waals surface area contributed by atoms with E-state index in [4.69, 9.17) is 4.74 Å². The molecule has 2 atom stereocenters. The van der Waals surface area contributed by atoms with Crippen molar-refractivity contribution in [2.45, 2.75) is 45.5 Å². The van der Waals surface area contributed by atoms with Crippen molar-refractivity contribution < 1.29 is 8.95 Å². The topological polar surface area (TPSA) is 26.3 Å². The molecular weight excluding hydrogens is 184 g/mol. The van der Waals surface area contributed by atoms with Crippen molar-refractivity contribution in [2.75, 3.05) is 12.4 Å². The van der Waals surface area contributed by atoms with Crippen molar-refractivity contribution in [3.8, 4) is 0 Å². The first-order valence-corrected chi connectivity index (χ1v) is 6.05. The van der Waals surface area contributed by atoms with Gasteiger partial charge in [-0.3, -0.25) is 4.21 Å². The van der Waals surface area contributed by atoms with Crippen LogP contribution in [0, 0.1) is 5.41 Å². The van der Waals surface area contributed by atoms with E-state index >= 15 is 0 Å². The molecule has 0 unspecified atom stereocenters. The minimum Gasteiger partial charge on any atom is -0.375 e. The van der Waals surface area contributed by atoms with Crippen LogP contribution in [0.3, 0.4) is 0 Å². The van der Waals surface area contributed by atoms with Gasteiger partial charge in [0.1, 0.15) is 0 Å². The summed E-state index contributed by atoms with van der Waals surface area (Å²) in [4.78, 5) is 0. The maximum Gasteiger partial charge on any atom is 0.0739 e. The second-order valence-corrected chi connectivity index (χ2v) is 7.57. The van der Waals surface area contributed by atoms with Gasteiger partial charge in [0.05, 0.1) is 23.2 Å². The smallest absolute Gasteiger partial charge is 0.0739 e. The fourth-order valence-electron chi connectivity index (χ4n) is 1.28. The van der Waals surface area contributed by atoms with Crippen LogP contribution in [0.5, 0.6) is 0 Å². The molecule has 1 aliphatic heterocycles. The molecule has 1 saturated heterocycles. The van der Waals surface area contributed by atoms with E-state index in [2.05, 4.69) is 20.8 Å². The Balaban J connectivity index is 2.67. The van der Waals surface area contributed by atoms with Crippen molar-refractivity contribution >= 4 is 10.8 Å². The van der Waals surface area contributed by atoms with E-state index in [1.807, 2.05) is 13.8 Å². The predicted octanol–water partition coefficient (Wildman–Crippen LogP) is 1.96. The molecule has 2 nitrogen and oxygen atoms in total. The molecule has 0 saturated carbocycles. The Kier molecular flexibility index (Phi) is 2.89. The molecule has 0 bridgehead atoms. The first-order chi connectivity index (χ1) is 5.73. The summed E-state index contributed by atoms with van der Waals surface area (Å²) < 4.78 is 17.4. The van der Waals surface area contributed by atoms with Crippen LogP contribution in [0.1, 0.15) is 34.6 Å². The minimum atomic E-state index is -0.752. The third-order valence-electron chi connectivity index (χ3n) is 2.52. The molecule has 78 valence electrons. The van der Waals surface area contributed by atoms with E-state index in [-0.39, 0.29) is 16.3 Å². The average molecular weight is 204 g/mol. The normalized spacial score (nSPS) is 34.5. The van der Waals surface area contributed by atoms with Crippen LogP contribution in [-0.2, 0) is 15.5 Å². The third kappa shape index (κ3) is 2.53. The first kappa shape index (κ1) is 11.2. The lowest BCUT2D eigenvalue weighted by Crippen LogP contribution is -2.49. The summed E-state index contributed by atoms with van der Waals surface area (Å²) in [7, 11) is -0.752. The molecule has 1 rings (SSSR count). The van der Waals surface area contributed by atoms with Gasteiger partial charge in [-0.25, -0.2) is 0 Å². The summed E-state index contributed by atoms with van der Waals surface area (Å²) >= 11 is 0. The van der Waals surface area contributed by atoms with Crippen LogP contribution in [0.2, 0.25) is 0 Å². The highest BCUT2D eigenvalue weighted by molar-refractivity contribution is 7.86. The molecule has 13 heavy (non-hydrogen) atoms. The second-order valence-electron chi connectivity index (χ2n) is 5.44. The maximum atomic E-state index is 11.8. The van der Waals surface area contributed by atoms with Gasteiger partial charge in [-0.1, -0.05) is 20.8 Å². The zero-order valence-corrected chi connectivity index (χ0v) is 10.0. The standard InChI is InChI=1S/C10H20O2S/c1-9(2,3)8-6-13(11)10(4,5)7-12-8/h8H,6-7H2,1-5H3/t8-,13+/m0/s1. The molecule has 0 aliphatic carbocycles. The monoisotopic (exact) mass is 204 g/mol. The highest BCUT2D eigenvalue weighted by atomic mass is 32.2. The maximum absolute atomic E-state index is 11.8. The zero-order chi connectivity index (χ0) is 10.3. The van der Waals surface area contributed by atoms with E-state index in [1.165, 1.54) is 0 Å². The van der Waals surface area contributed by atoms with Gasteiger partial charge >= 0.3 is 0 Å². The molecule has 0 aromatic rings. The SMILES string of the molecule is CC(C)(C)[C@@H]1C[S@@](=O)C(C)(C)CO1. The lowest BCUT2D eigenvalue weighted by molar-refractivity contribution is -0.0182. The van der Waals surface area contributed by atoms with Crippen molar-refractivity contribution in [1.29, 1.82) is 0 Å². The predicted molar refractivity (Wildman–Crippen MR) is 56.3 cm³/mol. The van der Waals surface area contributed by atoms with Crippen LogP contribution >= 0.6 is 0 Å². The summed E-state index contributed by atoms with van der Waals surface area (Å²) in [5.41, 5.74) is 0.103. The van der Waals surface area contributed by atoms with Gasteiger partial charge in [0.15, 0.2) is 0 Å². The fourth-order valence-corrected chi connectivity index (χ4v) is 2.80. The van der Waals surface area contributed by atoms with Crippen molar-refractivity contribution in [1.82, 2.24) is 0 Å². The van der Waals surface area contributed by atoms with Gasteiger partial charge in [-0.15, -0.1) is 0 Å². The molecule has 0 N–H and O–H groups in total. The van der Waals surface area contributed by atoms with Crippen LogP contribution in [0.15, 0.2) is 0 Å². The fraction of sp³-hybridized carbons (Fsp3) is 1.00. The summed E-state index contributed by atoms with van der Waals surface area (Å²) in [5, 5.41) is 0. The van der Waals surface area contributed by atoms with Gasteiger partial charge < -0.3 is 4.74 Å². The quantitative estimate of drug-likeness (QED) is 0.603. The van der Waals surface area contributed by atoms with Gasteiger partial charge in [0.25, 0.3) is 0 Å². The Morgan fingerprint density at radius 2 is 1.92 bits per heavy atom. The zero-order valence-electron chi connectivity index (χ0n) is 9.22. The molecule has 0 aromatic carbocycles. The van der Waals surface area contributed by atoms with Crippen molar-refractivity contribution in [2.24, 2.45) is 5.41 Å². The summed E-state index contributed by atoms with van der Waals surface area (Å²) in [6.07, 6.45) is 0.140. The minimum absolute atomic E-state index is 0.103. The van der Waals surface area contributed by atoms with Crippen molar-refractivity contribution in [3.05, 3.63) is 0 Å². The Hall–Kier alpha value is 0.110. The Bertz CT molecular complexity index is 215. The lowest BCUT2D eigenvalue weighted by Gasteiger charge is -2.39. The summed E-state index contributed by atoms with van der Waals surface area (Å²) in [6, 6.07) is 0. The molecular formula is C10H20O2S. The molecule has 1 fully saturated rings. The van der Waals surface area contributed by atoms with Gasteiger partial charge in [0, 0.05) is 10.8 Å². The number of ether oxygens (including phenoxy) is 1. The third-order valence-corrected chi connectivity index (χ3v) is 4.47. The number of hydrogen-bond acceptors (Lipinski definition) is 2. The van der Waals surface area contributed by atoms with E-state index in [0.29, 0.717) is 12.4 Å². The van der Waals surface area contributed by atoms with Gasteiger partial charge in [-0.05, 0) is 19.3 Å². The Morgan fingerprint density at radius 3 is 2.31 bits per heavy atom. The number of rotatable bonds is 0.